The summed E-state index contributed by atoms with van der Waals surface area (Å²) < 4.78 is 23.7. The number of hydrogen-bond donors (Lipinski definition) is 1. The van der Waals surface area contributed by atoms with Crippen molar-refractivity contribution in [3.63, 3.8) is 0 Å². The SMILES string of the molecule is O[C@H](/C=C/c1ccccc1)C(F)F. The molecule has 70 valence electrons. The summed E-state index contributed by atoms with van der Waals surface area (Å²) >= 11 is 0. The zero-order valence-corrected chi connectivity index (χ0v) is 6.90. The van der Waals surface area contributed by atoms with Crippen LogP contribution in [0.5, 0.6) is 0 Å². The monoisotopic (exact) mass is 184 g/mol. The molecule has 1 aromatic rings. The molecule has 0 saturated heterocycles. The lowest BCUT2D eigenvalue weighted by Gasteiger charge is -2.01. The molecule has 0 amide bonds. The molecule has 0 bridgehead atoms. The maximum Gasteiger partial charge on any atom is 0.267 e. The summed E-state index contributed by atoms with van der Waals surface area (Å²) in [5.74, 6) is 0. The molecule has 1 N–H and O–H groups in total. The number of alkyl halides is 2. The molecule has 0 spiro atoms. The summed E-state index contributed by atoms with van der Waals surface area (Å²) in [7, 11) is 0. The summed E-state index contributed by atoms with van der Waals surface area (Å²) in [6.07, 6.45) is -1.85. The van der Waals surface area contributed by atoms with E-state index in [1.807, 2.05) is 6.07 Å². The van der Waals surface area contributed by atoms with E-state index >= 15 is 0 Å². The molecule has 1 rings (SSSR count). The number of aliphatic hydroxyl groups excluding tert-OH is 1. The number of hydrogen-bond acceptors (Lipinski definition) is 1. The van der Waals surface area contributed by atoms with Crippen LogP contribution in [0.2, 0.25) is 0 Å². The highest BCUT2D eigenvalue weighted by atomic mass is 19.3. The van der Waals surface area contributed by atoms with Gasteiger partial charge in [-0.05, 0) is 11.6 Å². The number of rotatable bonds is 3. The average Bonchev–Trinajstić information content (AvgIpc) is 2.15. The summed E-state index contributed by atoms with van der Waals surface area (Å²) in [4.78, 5) is 0. The fourth-order valence-electron chi connectivity index (χ4n) is 0.858. The molecule has 0 radical (unpaired) electrons. The quantitative estimate of drug-likeness (QED) is 0.764. The predicted molar refractivity (Wildman–Crippen MR) is 47.5 cm³/mol. The van der Waals surface area contributed by atoms with Gasteiger partial charge in [0.1, 0.15) is 6.10 Å². The average molecular weight is 184 g/mol. The summed E-state index contributed by atoms with van der Waals surface area (Å²) in [6, 6.07) is 8.98. The van der Waals surface area contributed by atoms with Crippen LogP contribution in [-0.4, -0.2) is 17.6 Å². The van der Waals surface area contributed by atoms with E-state index < -0.39 is 12.5 Å². The highest BCUT2D eigenvalue weighted by Crippen LogP contribution is 2.06. The summed E-state index contributed by atoms with van der Waals surface area (Å²) in [6.45, 7) is 0. The Kier molecular flexibility index (Phi) is 3.58. The van der Waals surface area contributed by atoms with Crippen molar-refractivity contribution in [1.82, 2.24) is 0 Å². The first-order valence-electron chi connectivity index (χ1n) is 3.89. The molecule has 0 aromatic heterocycles. The van der Waals surface area contributed by atoms with E-state index in [9.17, 15) is 8.78 Å². The Bertz CT molecular complexity index is 270. The van der Waals surface area contributed by atoms with Crippen molar-refractivity contribution in [2.45, 2.75) is 12.5 Å². The number of benzene rings is 1. The van der Waals surface area contributed by atoms with Gasteiger partial charge < -0.3 is 5.11 Å². The van der Waals surface area contributed by atoms with Gasteiger partial charge in [0.05, 0.1) is 0 Å². The van der Waals surface area contributed by atoms with Gasteiger partial charge in [-0.25, -0.2) is 8.78 Å². The molecule has 13 heavy (non-hydrogen) atoms. The van der Waals surface area contributed by atoms with Crippen molar-refractivity contribution in [3.05, 3.63) is 42.0 Å². The zero-order valence-electron chi connectivity index (χ0n) is 6.90. The third-order valence-electron chi connectivity index (χ3n) is 1.54. The van der Waals surface area contributed by atoms with Crippen LogP contribution >= 0.6 is 0 Å². The van der Waals surface area contributed by atoms with E-state index in [1.165, 1.54) is 6.08 Å². The van der Waals surface area contributed by atoms with Crippen molar-refractivity contribution in [3.8, 4) is 0 Å². The Balaban J connectivity index is 2.59. The summed E-state index contributed by atoms with van der Waals surface area (Å²) in [5, 5.41) is 8.75. The van der Waals surface area contributed by atoms with Crippen LogP contribution in [-0.2, 0) is 0 Å². The standard InChI is InChI=1S/C10H10F2O/c11-10(12)9(13)7-6-8-4-2-1-3-5-8/h1-7,9-10,13H/b7-6+/t9-/m1/s1. The minimum atomic E-state index is -2.72. The smallest absolute Gasteiger partial charge is 0.267 e. The third-order valence-corrected chi connectivity index (χ3v) is 1.54. The van der Waals surface area contributed by atoms with Gasteiger partial charge in [-0.2, -0.15) is 0 Å². The highest BCUT2D eigenvalue weighted by Gasteiger charge is 2.11. The molecule has 1 nitrogen and oxygen atoms in total. The van der Waals surface area contributed by atoms with Gasteiger partial charge >= 0.3 is 0 Å². The van der Waals surface area contributed by atoms with Gasteiger partial charge in [0.15, 0.2) is 0 Å². The molecule has 0 fully saturated rings. The van der Waals surface area contributed by atoms with Gasteiger partial charge in [0.2, 0.25) is 0 Å². The van der Waals surface area contributed by atoms with Crippen LogP contribution in [0.4, 0.5) is 8.78 Å². The van der Waals surface area contributed by atoms with Crippen LogP contribution in [0.25, 0.3) is 6.08 Å². The Morgan fingerprint density at radius 1 is 1.15 bits per heavy atom. The molecule has 1 atom stereocenters. The number of halogens is 2. The molecule has 3 heteroatoms. The molecular formula is C10H10F2O. The van der Waals surface area contributed by atoms with E-state index in [0.717, 1.165) is 11.6 Å². The maximum atomic E-state index is 11.8. The lowest BCUT2D eigenvalue weighted by Crippen LogP contribution is -2.13. The van der Waals surface area contributed by atoms with Crippen LogP contribution in [0, 0.1) is 0 Å². The lowest BCUT2D eigenvalue weighted by molar-refractivity contribution is 0.0246. The van der Waals surface area contributed by atoms with Crippen LogP contribution in [0.3, 0.4) is 0 Å². The molecule has 0 saturated carbocycles. The second-order valence-electron chi connectivity index (χ2n) is 2.59. The van der Waals surface area contributed by atoms with E-state index in [2.05, 4.69) is 0 Å². The van der Waals surface area contributed by atoms with E-state index in [0.29, 0.717) is 0 Å². The molecule has 0 aliphatic carbocycles. The van der Waals surface area contributed by atoms with E-state index in [4.69, 9.17) is 5.11 Å². The Morgan fingerprint density at radius 3 is 2.31 bits per heavy atom. The van der Waals surface area contributed by atoms with Crippen molar-refractivity contribution in [1.29, 1.82) is 0 Å². The molecular weight excluding hydrogens is 174 g/mol. The van der Waals surface area contributed by atoms with Crippen molar-refractivity contribution in [2.75, 3.05) is 0 Å². The maximum absolute atomic E-state index is 11.8. The van der Waals surface area contributed by atoms with Crippen LogP contribution < -0.4 is 0 Å². The Labute approximate surface area is 75.3 Å². The lowest BCUT2D eigenvalue weighted by atomic mass is 10.2. The third kappa shape index (κ3) is 3.34. The number of aliphatic hydroxyl groups is 1. The molecule has 0 aliphatic heterocycles. The minimum absolute atomic E-state index is 0.794. The first-order valence-corrected chi connectivity index (χ1v) is 3.89. The van der Waals surface area contributed by atoms with Crippen molar-refractivity contribution < 1.29 is 13.9 Å². The molecule has 0 aliphatic rings. The van der Waals surface area contributed by atoms with E-state index in [1.54, 1.807) is 24.3 Å². The van der Waals surface area contributed by atoms with Gasteiger partial charge in [-0.1, -0.05) is 36.4 Å². The van der Waals surface area contributed by atoms with Crippen molar-refractivity contribution >= 4 is 6.08 Å². The van der Waals surface area contributed by atoms with E-state index in [-0.39, 0.29) is 0 Å². The van der Waals surface area contributed by atoms with Gasteiger partial charge in [-0.3, -0.25) is 0 Å². The highest BCUT2D eigenvalue weighted by molar-refractivity contribution is 5.49. The molecule has 0 unspecified atom stereocenters. The second-order valence-corrected chi connectivity index (χ2v) is 2.59. The van der Waals surface area contributed by atoms with Crippen LogP contribution in [0.1, 0.15) is 5.56 Å². The first kappa shape index (κ1) is 9.86. The normalized spacial score (nSPS) is 13.8. The molecule has 0 heterocycles. The topological polar surface area (TPSA) is 20.2 Å². The van der Waals surface area contributed by atoms with Crippen molar-refractivity contribution in [2.24, 2.45) is 0 Å². The van der Waals surface area contributed by atoms with Gasteiger partial charge in [-0.15, -0.1) is 0 Å². The Morgan fingerprint density at radius 2 is 1.77 bits per heavy atom. The fourth-order valence-corrected chi connectivity index (χ4v) is 0.858. The van der Waals surface area contributed by atoms with Gasteiger partial charge in [0.25, 0.3) is 6.43 Å². The minimum Gasteiger partial charge on any atom is -0.383 e. The largest absolute Gasteiger partial charge is 0.383 e. The Hall–Kier alpha value is -1.22. The van der Waals surface area contributed by atoms with Gasteiger partial charge in [0, 0.05) is 0 Å². The second kappa shape index (κ2) is 4.72. The van der Waals surface area contributed by atoms with Crippen LogP contribution in [0.15, 0.2) is 36.4 Å². The summed E-state index contributed by atoms with van der Waals surface area (Å²) in [5.41, 5.74) is 0.794. The first-order chi connectivity index (χ1) is 6.20. The zero-order chi connectivity index (χ0) is 9.68. The predicted octanol–water partition coefficient (Wildman–Crippen LogP) is 2.33. The molecule has 1 aromatic carbocycles. The fraction of sp³-hybridized carbons (Fsp3) is 0.200.